The van der Waals surface area contributed by atoms with Gasteiger partial charge in [-0.3, -0.25) is 0 Å². The van der Waals surface area contributed by atoms with Crippen LogP contribution in [-0.2, 0) is 14.4 Å². The van der Waals surface area contributed by atoms with Crippen molar-refractivity contribution in [1.29, 1.82) is 0 Å². The van der Waals surface area contributed by atoms with E-state index in [2.05, 4.69) is 19.7 Å². The first kappa shape index (κ1) is 30.4. The summed E-state index contributed by atoms with van der Waals surface area (Å²) in [5.74, 6) is -2.43. The van der Waals surface area contributed by atoms with Gasteiger partial charge in [0.05, 0.1) is 0 Å². The first-order chi connectivity index (χ1) is 11.2. The van der Waals surface area contributed by atoms with Gasteiger partial charge in [-0.1, -0.05) is 40.0 Å². The fourth-order valence-corrected chi connectivity index (χ4v) is 0.527. The van der Waals surface area contributed by atoms with E-state index < -0.39 is 24.2 Å². The molecule has 0 aliphatic carbocycles. The van der Waals surface area contributed by atoms with Crippen LogP contribution in [0.1, 0.15) is 40.5 Å². The SMILES string of the molecule is C=C(C)C(=O)O.C=C(C)C(=O)O.C=CC(=O)O.CCC(C)CC(O)O. The minimum absolute atomic E-state index is 0.176. The van der Waals surface area contributed by atoms with E-state index >= 15 is 0 Å². The molecule has 0 aliphatic rings. The van der Waals surface area contributed by atoms with Crippen LogP contribution in [0.4, 0.5) is 0 Å². The third-order valence-corrected chi connectivity index (χ3v) is 2.21. The number of aliphatic hydroxyl groups is 2. The van der Waals surface area contributed by atoms with Crippen molar-refractivity contribution >= 4 is 17.9 Å². The number of rotatable bonds is 6. The summed E-state index contributed by atoms with van der Waals surface area (Å²) < 4.78 is 0. The zero-order chi connectivity index (χ0) is 21.2. The number of hydrogen-bond acceptors (Lipinski definition) is 5. The molecule has 0 bridgehead atoms. The lowest BCUT2D eigenvalue weighted by atomic mass is 10.1. The van der Waals surface area contributed by atoms with E-state index in [4.69, 9.17) is 25.5 Å². The second-order valence-corrected chi connectivity index (χ2v) is 4.94. The van der Waals surface area contributed by atoms with Crippen molar-refractivity contribution in [2.75, 3.05) is 0 Å². The van der Waals surface area contributed by atoms with Gasteiger partial charge in [-0.05, 0) is 19.8 Å². The Hall–Kier alpha value is -2.45. The molecule has 0 radical (unpaired) electrons. The van der Waals surface area contributed by atoms with Gasteiger partial charge in [0.15, 0.2) is 6.29 Å². The van der Waals surface area contributed by atoms with Gasteiger partial charge in [-0.15, -0.1) is 0 Å². The highest BCUT2D eigenvalue weighted by Gasteiger charge is 2.02. The van der Waals surface area contributed by atoms with E-state index in [-0.39, 0.29) is 11.1 Å². The molecule has 0 aromatic heterocycles. The van der Waals surface area contributed by atoms with E-state index in [0.717, 1.165) is 12.5 Å². The quantitative estimate of drug-likeness (QED) is 0.356. The van der Waals surface area contributed by atoms with Crippen molar-refractivity contribution in [2.45, 2.75) is 46.8 Å². The fraction of sp³-hybridized carbons (Fsp3) is 0.471. The zero-order valence-corrected chi connectivity index (χ0v) is 15.2. The maximum Gasteiger partial charge on any atom is 0.330 e. The normalized spacial score (nSPS) is 9.56. The monoisotopic (exact) mass is 362 g/mol. The molecule has 0 spiro atoms. The third kappa shape index (κ3) is 44.9. The lowest BCUT2D eigenvalue weighted by molar-refractivity contribution is -0.133. The minimum Gasteiger partial charge on any atom is -0.478 e. The number of aliphatic carboxylic acids is 3. The Bertz CT molecular complexity index is 390. The average Bonchev–Trinajstić information content (AvgIpc) is 2.47. The molecule has 1 unspecified atom stereocenters. The van der Waals surface area contributed by atoms with Crippen LogP contribution in [0, 0.1) is 5.92 Å². The number of hydrogen-bond donors (Lipinski definition) is 5. The van der Waals surface area contributed by atoms with Crippen LogP contribution < -0.4 is 0 Å². The fourth-order valence-electron chi connectivity index (χ4n) is 0.527. The van der Waals surface area contributed by atoms with Gasteiger partial charge in [0.25, 0.3) is 0 Å². The van der Waals surface area contributed by atoms with Gasteiger partial charge in [0, 0.05) is 23.6 Å². The van der Waals surface area contributed by atoms with Crippen LogP contribution in [0.25, 0.3) is 0 Å². The van der Waals surface area contributed by atoms with Crippen LogP contribution in [0.3, 0.4) is 0 Å². The van der Waals surface area contributed by atoms with Crippen molar-refractivity contribution in [2.24, 2.45) is 5.92 Å². The molecule has 0 heterocycles. The zero-order valence-electron chi connectivity index (χ0n) is 15.2. The van der Waals surface area contributed by atoms with Crippen LogP contribution in [0.5, 0.6) is 0 Å². The Morgan fingerprint density at radius 1 is 0.960 bits per heavy atom. The minimum atomic E-state index is -1.12. The van der Waals surface area contributed by atoms with Gasteiger partial charge < -0.3 is 25.5 Å². The Morgan fingerprint density at radius 2 is 1.20 bits per heavy atom. The Morgan fingerprint density at radius 3 is 1.24 bits per heavy atom. The lowest BCUT2D eigenvalue weighted by Gasteiger charge is -2.08. The van der Waals surface area contributed by atoms with Gasteiger partial charge >= 0.3 is 17.9 Å². The average molecular weight is 362 g/mol. The van der Waals surface area contributed by atoms with Crippen LogP contribution in [0.15, 0.2) is 37.0 Å². The van der Waals surface area contributed by atoms with Crippen molar-refractivity contribution < 1.29 is 39.9 Å². The van der Waals surface area contributed by atoms with Crippen LogP contribution in [-0.4, -0.2) is 49.7 Å². The lowest BCUT2D eigenvalue weighted by Crippen LogP contribution is -2.09. The molecular formula is C17H30O8. The molecule has 5 N–H and O–H groups in total. The van der Waals surface area contributed by atoms with E-state index in [1.807, 2.05) is 13.8 Å². The molecule has 1 atom stereocenters. The van der Waals surface area contributed by atoms with Crippen molar-refractivity contribution in [3.8, 4) is 0 Å². The van der Waals surface area contributed by atoms with E-state index in [9.17, 15) is 14.4 Å². The molecule has 0 aliphatic heterocycles. The van der Waals surface area contributed by atoms with E-state index in [1.54, 1.807) is 0 Å². The molecule has 146 valence electrons. The smallest absolute Gasteiger partial charge is 0.330 e. The molecule has 0 aromatic carbocycles. The predicted molar refractivity (Wildman–Crippen MR) is 95.0 cm³/mol. The maximum absolute atomic E-state index is 9.60. The Balaban J connectivity index is -0.000000119. The first-order valence-electron chi connectivity index (χ1n) is 7.21. The molecule has 0 saturated carbocycles. The molecule has 25 heavy (non-hydrogen) atoms. The van der Waals surface area contributed by atoms with E-state index in [0.29, 0.717) is 12.3 Å². The van der Waals surface area contributed by atoms with Crippen molar-refractivity contribution in [3.63, 3.8) is 0 Å². The Labute approximate surface area is 148 Å². The maximum atomic E-state index is 9.60. The van der Waals surface area contributed by atoms with E-state index in [1.165, 1.54) is 13.8 Å². The summed E-state index contributed by atoms with van der Waals surface area (Å²) in [5, 5.41) is 40.2. The van der Waals surface area contributed by atoms with Crippen molar-refractivity contribution in [1.82, 2.24) is 0 Å². The molecule has 0 aromatic rings. The molecular weight excluding hydrogens is 332 g/mol. The van der Waals surface area contributed by atoms with Gasteiger partial charge in [0.2, 0.25) is 0 Å². The third-order valence-electron chi connectivity index (χ3n) is 2.21. The molecule has 0 saturated heterocycles. The van der Waals surface area contributed by atoms with Crippen LogP contribution >= 0.6 is 0 Å². The number of carboxylic acid groups (broad SMARTS) is 3. The van der Waals surface area contributed by atoms with Crippen LogP contribution in [0.2, 0.25) is 0 Å². The summed E-state index contributed by atoms with van der Waals surface area (Å²) in [6.07, 6.45) is 1.22. The summed E-state index contributed by atoms with van der Waals surface area (Å²) in [7, 11) is 0. The second-order valence-electron chi connectivity index (χ2n) is 4.94. The van der Waals surface area contributed by atoms with Crippen molar-refractivity contribution in [3.05, 3.63) is 37.0 Å². The summed E-state index contributed by atoms with van der Waals surface area (Å²) in [5.41, 5.74) is 0.352. The van der Waals surface area contributed by atoms with Gasteiger partial charge in [-0.25, -0.2) is 14.4 Å². The van der Waals surface area contributed by atoms with Gasteiger partial charge in [0.1, 0.15) is 0 Å². The summed E-state index contributed by atoms with van der Waals surface area (Å²) >= 11 is 0. The second kappa shape index (κ2) is 19.6. The first-order valence-corrected chi connectivity index (χ1v) is 7.21. The highest BCUT2D eigenvalue weighted by molar-refractivity contribution is 5.85. The topological polar surface area (TPSA) is 152 Å². The number of aliphatic hydroxyl groups excluding tert-OH is 1. The largest absolute Gasteiger partial charge is 0.478 e. The molecule has 0 fully saturated rings. The molecule has 0 amide bonds. The summed E-state index contributed by atoms with van der Waals surface area (Å²) in [6.45, 7) is 16.2. The van der Waals surface area contributed by atoms with Gasteiger partial charge in [-0.2, -0.15) is 0 Å². The summed E-state index contributed by atoms with van der Waals surface area (Å²) in [4.78, 5) is 28.4. The predicted octanol–water partition coefficient (Wildman–Crippen LogP) is 2.28. The highest BCUT2D eigenvalue weighted by Crippen LogP contribution is 2.07. The number of carbonyl (C=O) groups is 3. The standard InChI is InChI=1S/C6H14O2.2C4H6O2.C3H4O2/c1-3-5(2)4-6(7)8;2*1-3(2)4(5)6;1-2-3(4)5/h5-8H,3-4H2,1-2H3;2*1H2,2H3,(H,5,6);2H,1H2,(H,4,5). The summed E-state index contributed by atoms with van der Waals surface area (Å²) in [6, 6.07) is 0. The highest BCUT2D eigenvalue weighted by atomic mass is 16.5. The number of carboxylic acids is 3. The molecule has 8 heteroatoms. The molecule has 8 nitrogen and oxygen atoms in total. The molecule has 0 rings (SSSR count). The Kier molecular flexibility index (Phi) is 23.9.